The first-order valence-corrected chi connectivity index (χ1v) is 12.9. The van der Waals surface area contributed by atoms with Gasteiger partial charge in [0.05, 0.1) is 38.3 Å². The lowest BCUT2D eigenvalue weighted by atomic mass is 10.0. The van der Waals surface area contributed by atoms with Crippen molar-refractivity contribution in [1.82, 2.24) is 9.21 Å². The molecule has 0 aromatic heterocycles. The van der Waals surface area contributed by atoms with E-state index >= 15 is 0 Å². The number of alkyl halides is 3. The third-order valence-electron chi connectivity index (χ3n) is 5.84. The highest BCUT2D eigenvalue weighted by Crippen LogP contribution is 2.30. The molecule has 1 aromatic carbocycles. The summed E-state index contributed by atoms with van der Waals surface area (Å²) in [6.07, 6.45) is -6.19. The Morgan fingerprint density at radius 2 is 2.03 bits per heavy atom. The summed E-state index contributed by atoms with van der Waals surface area (Å²) in [5.41, 5.74) is 0.575. The number of likely N-dealkylation sites (N-methyl/N-ethyl adjacent to an activating group) is 1. The zero-order valence-electron chi connectivity index (χ0n) is 20.1. The first kappa shape index (κ1) is 28.9. The second kappa shape index (κ2) is 11.6. The van der Waals surface area contributed by atoms with E-state index in [1.165, 1.54) is 30.1 Å². The average molecular weight is 524 g/mol. The molecule has 0 saturated carbocycles. The molecule has 1 aliphatic heterocycles. The molecule has 9 nitrogen and oxygen atoms in total. The quantitative estimate of drug-likeness (QED) is 0.539. The zero-order valence-corrected chi connectivity index (χ0v) is 20.9. The fourth-order valence-electron chi connectivity index (χ4n) is 3.59. The van der Waals surface area contributed by atoms with Crippen LogP contribution in [0.5, 0.6) is 5.75 Å². The standard InChI is InChI=1S/C22H32F3N3O6S/c1-14-11-28(15(2)13-29)21(31)10-16-9-17(26-20(30)7-8-22(23,24)25)5-6-18(16)34-19(14)12-27(3)35(4,32)33/h5-6,9,14-15,19,29H,7-8,10-13H2,1-4H3,(H,26,30)/t14-,15+,19+/m1/s1. The second-order valence-corrected chi connectivity index (χ2v) is 11.0. The molecule has 2 amide bonds. The lowest BCUT2D eigenvalue weighted by molar-refractivity contribution is -0.142. The van der Waals surface area contributed by atoms with Gasteiger partial charge in [-0.05, 0) is 25.1 Å². The Hall–Kier alpha value is -2.38. The number of hydrogen-bond acceptors (Lipinski definition) is 6. The third kappa shape index (κ3) is 8.65. The predicted molar refractivity (Wildman–Crippen MR) is 123 cm³/mol. The van der Waals surface area contributed by atoms with Crippen LogP contribution in [0.3, 0.4) is 0 Å². The minimum Gasteiger partial charge on any atom is -0.488 e. The molecule has 0 spiro atoms. The largest absolute Gasteiger partial charge is 0.488 e. The van der Waals surface area contributed by atoms with Crippen molar-refractivity contribution in [2.24, 2.45) is 5.92 Å². The Morgan fingerprint density at radius 1 is 1.37 bits per heavy atom. The first-order valence-electron chi connectivity index (χ1n) is 11.1. The highest BCUT2D eigenvalue weighted by molar-refractivity contribution is 7.88. The Balaban J connectivity index is 2.38. The first-order chi connectivity index (χ1) is 16.1. The molecule has 0 unspecified atom stereocenters. The summed E-state index contributed by atoms with van der Waals surface area (Å²) in [6, 6.07) is 3.88. The van der Waals surface area contributed by atoms with Crippen molar-refractivity contribution in [2.75, 3.05) is 38.3 Å². The number of amides is 2. The van der Waals surface area contributed by atoms with Crippen molar-refractivity contribution in [3.05, 3.63) is 23.8 Å². The number of aliphatic hydroxyl groups is 1. The SMILES string of the molecule is C[C@@H]1CN([C@@H](C)CO)C(=O)Cc2cc(NC(=O)CCC(F)(F)F)ccc2O[C@H]1CN(C)S(C)(=O)=O. The van der Waals surface area contributed by atoms with Crippen molar-refractivity contribution in [3.63, 3.8) is 0 Å². The van der Waals surface area contributed by atoms with Crippen LogP contribution in [0.4, 0.5) is 18.9 Å². The van der Waals surface area contributed by atoms with Crippen LogP contribution in [0.1, 0.15) is 32.3 Å². The van der Waals surface area contributed by atoms with Crippen LogP contribution in [-0.4, -0.2) is 85.9 Å². The number of benzene rings is 1. The molecule has 1 aliphatic rings. The molecule has 2 rings (SSSR count). The minimum atomic E-state index is -4.46. The number of nitrogens with zero attached hydrogens (tertiary/aromatic N) is 2. The van der Waals surface area contributed by atoms with Crippen molar-refractivity contribution >= 4 is 27.5 Å². The number of anilines is 1. The van der Waals surface area contributed by atoms with E-state index in [9.17, 15) is 36.3 Å². The third-order valence-corrected chi connectivity index (χ3v) is 7.12. The van der Waals surface area contributed by atoms with E-state index in [-0.39, 0.29) is 43.6 Å². The molecule has 3 atom stereocenters. The van der Waals surface area contributed by atoms with Gasteiger partial charge in [-0.2, -0.15) is 13.2 Å². The molecule has 0 radical (unpaired) electrons. The molecular weight excluding hydrogens is 491 g/mol. The van der Waals surface area contributed by atoms with Gasteiger partial charge in [0.1, 0.15) is 11.9 Å². The molecule has 2 N–H and O–H groups in total. The Bertz CT molecular complexity index is 1020. The summed E-state index contributed by atoms with van der Waals surface area (Å²) in [7, 11) is -2.09. The molecule has 0 saturated heterocycles. The second-order valence-electron chi connectivity index (χ2n) is 8.92. The Kier molecular flexibility index (Phi) is 9.54. The number of nitrogens with one attached hydrogen (secondary N) is 1. The number of ether oxygens (including phenoxy) is 1. The molecule has 198 valence electrons. The van der Waals surface area contributed by atoms with Gasteiger partial charge in [0.2, 0.25) is 21.8 Å². The molecule has 0 bridgehead atoms. The van der Waals surface area contributed by atoms with Crippen molar-refractivity contribution in [3.8, 4) is 5.75 Å². The van der Waals surface area contributed by atoms with Crippen LogP contribution >= 0.6 is 0 Å². The maximum atomic E-state index is 13.1. The zero-order chi connectivity index (χ0) is 26.6. The number of aliphatic hydroxyl groups excluding tert-OH is 1. The topological polar surface area (TPSA) is 116 Å². The predicted octanol–water partition coefficient (Wildman–Crippen LogP) is 2.01. The number of halogens is 3. The van der Waals surface area contributed by atoms with Gasteiger partial charge in [-0.1, -0.05) is 6.92 Å². The van der Waals surface area contributed by atoms with Gasteiger partial charge < -0.3 is 20.1 Å². The maximum Gasteiger partial charge on any atom is 0.389 e. The molecule has 13 heteroatoms. The van der Waals surface area contributed by atoms with Crippen molar-refractivity contribution < 1.29 is 41.0 Å². The monoisotopic (exact) mass is 523 g/mol. The van der Waals surface area contributed by atoms with E-state index in [1.54, 1.807) is 6.92 Å². The number of sulfonamides is 1. The van der Waals surface area contributed by atoms with Crippen LogP contribution in [0.2, 0.25) is 0 Å². The summed E-state index contributed by atoms with van der Waals surface area (Å²) in [5, 5.41) is 12.0. The van der Waals surface area contributed by atoms with Gasteiger partial charge in [0.25, 0.3) is 0 Å². The summed E-state index contributed by atoms with van der Waals surface area (Å²) in [4.78, 5) is 26.5. The highest BCUT2D eigenvalue weighted by atomic mass is 32.2. The molecule has 35 heavy (non-hydrogen) atoms. The van der Waals surface area contributed by atoms with Crippen LogP contribution in [0.15, 0.2) is 18.2 Å². The van der Waals surface area contributed by atoms with Crippen molar-refractivity contribution in [2.45, 2.75) is 51.4 Å². The van der Waals surface area contributed by atoms with Crippen molar-refractivity contribution in [1.29, 1.82) is 0 Å². The van der Waals surface area contributed by atoms with Gasteiger partial charge >= 0.3 is 6.18 Å². The van der Waals surface area contributed by atoms with Crippen LogP contribution in [0, 0.1) is 5.92 Å². The number of hydrogen-bond donors (Lipinski definition) is 2. The molecule has 1 aromatic rings. The minimum absolute atomic E-state index is 0.00487. The number of fused-ring (bicyclic) bond motifs is 1. The van der Waals surface area contributed by atoms with Crippen LogP contribution in [0.25, 0.3) is 0 Å². The lowest BCUT2D eigenvalue weighted by Crippen LogP contribution is -2.48. The average Bonchev–Trinajstić information content (AvgIpc) is 2.79. The summed E-state index contributed by atoms with van der Waals surface area (Å²) >= 11 is 0. The van der Waals surface area contributed by atoms with Gasteiger partial charge in [0, 0.05) is 37.2 Å². The fourth-order valence-corrected chi connectivity index (χ4v) is 4.01. The van der Waals surface area contributed by atoms with Gasteiger partial charge in [0.15, 0.2) is 0 Å². The fraction of sp³-hybridized carbons (Fsp3) is 0.636. The lowest BCUT2D eigenvalue weighted by Gasteiger charge is -2.33. The van der Waals surface area contributed by atoms with E-state index in [4.69, 9.17) is 4.74 Å². The Morgan fingerprint density at radius 3 is 2.60 bits per heavy atom. The smallest absolute Gasteiger partial charge is 0.389 e. The molecule has 0 fully saturated rings. The number of rotatable bonds is 8. The summed E-state index contributed by atoms with van der Waals surface area (Å²) in [6.45, 7) is 3.42. The summed E-state index contributed by atoms with van der Waals surface area (Å²) < 4.78 is 68.5. The molecular formula is C22H32F3N3O6S. The van der Waals surface area contributed by atoms with Gasteiger partial charge in [-0.15, -0.1) is 0 Å². The van der Waals surface area contributed by atoms with E-state index in [0.29, 0.717) is 11.3 Å². The van der Waals surface area contributed by atoms with Crippen LogP contribution in [-0.2, 0) is 26.0 Å². The highest BCUT2D eigenvalue weighted by Gasteiger charge is 2.32. The number of carbonyl (C=O) groups is 2. The van der Waals surface area contributed by atoms with E-state index in [0.717, 1.165) is 10.6 Å². The van der Waals surface area contributed by atoms with E-state index < -0.39 is 47.1 Å². The molecule has 1 heterocycles. The normalized spacial score (nSPS) is 20.4. The van der Waals surface area contributed by atoms with Crippen LogP contribution < -0.4 is 10.1 Å². The maximum absolute atomic E-state index is 13.1. The van der Waals surface area contributed by atoms with E-state index in [1.807, 2.05) is 6.92 Å². The van der Waals surface area contributed by atoms with E-state index in [2.05, 4.69) is 5.32 Å². The number of carbonyl (C=O) groups excluding carboxylic acids is 2. The summed E-state index contributed by atoms with van der Waals surface area (Å²) in [5.74, 6) is -1.16. The van der Waals surface area contributed by atoms with Gasteiger partial charge in [-0.25, -0.2) is 12.7 Å². The van der Waals surface area contributed by atoms with Gasteiger partial charge in [-0.3, -0.25) is 9.59 Å². The molecule has 0 aliphatic carbocycles. The Labute approximate surface area is 203 Å².